The number of hydrogen-bond acceptors (Lipinski definition) is 5. The zero-order valence-corrected chi connectivity index (χ0v) is 15.8. The minimum Gasteiger partial charge on any atom is -0.355 e. The topological polar surface area (TPSA) is 64.0 Å². The lowest BCUT2D eigenvalue weighted by atomic mass is 10.1. The molecule has 1 amide bonds. The number of amides is 1. The van der Waals surface area contributed by atoms with E-state index in [-0.39, 0.29) is 23.0 Å². The van der Waals surface area contributed by atoms with Crippen LogP contribution >= 0.6 is 23.1 Å². The van der Waals surface area contributed by atoms with Crippen LogP contribution in [0.25, 0.3) is 10.2 Å². The molecule has 0 aliphatic heterocycles. The molecule has 0 aliphatic carbocycles. The summed E-state index contributed by atoms with van der Waals surface area (Å²) in [7, 11) is 0. The molecule has 8 heteroatoms. The van der Waals surface area contributed by atoms with Gasteiger partial charge in [0.05, 0.1) is 11.3 Å². The molecule has 0 unspecified atom stereocenters. The number of halogens is 1. The van der Waals surface area contributed by atoms with E-state index in [9.17, 15) is 14.0 Å². The summed E-state index contributed by atoms with van der Waals surface area (Å²) < 4.78 is 15.1. The number of nitrogens with zero attached hydrogens (tertiary/aromatic N) is 2. The minimum absolute atomic E-state index is 0.0632. The van der Waals surface area contributed by atoms with Crippen molar-refractivity contribution < 1.29 is 9.18 Å². The highest BCUT2D eigenvalue weighted by Gasteiger charge is 2.13. The Bertz CT molecular complexity index is 967. The van der Waals surface area contributed by atoms with E-state index in [4.69, 9.17) is 0 Å². The van der Waals surface area contributed by atoms with Gasteiger partial charge in [-0.1, -0.05) is 23.9 Å². The second-order valence-electron chi connectivity index (χ2n) is 5.59. The highest BCUT2D eigenvalue weighted by atomic mass is 32.2. The van der Waals surface area contributed by atoms with Crippen LogP contribution in [0.15, 0.2) is 45.7 Å². The second kappa shape index (κ2) is 8.46. The van der Waals surface area contributed by atoms with E-state index in [1.807, 2.05) is 18.4 Å². The monoisotopic (exact) mass is 391 g/mol. The number of thioether (sulfide) groups is 1. The van der Waals surface area contributed by atoms with Crippen molar-refractivity contribution in [3.63, 3.8) is 0 Å². The molecular formula is C18H18FN3O2S2. The van der Waals surface area contributed by atoms with Crippen molar-refractivity contribution in [2.75, 3.05) is 12.3 Å². The lowest BCUT2D eigenvalue weighted by Gasteiger charge is -2.10. The quantitative estimate of drug-likeness (QED) is 0.497. The van der Waals surface area contributed by atoms with Gasteiger partial charge in [-0.3, -0.25) is 14.2 Å². The lowest BCUT2D eigenvalue weighted by molar-refractivity contribution is -0.118. The van der Waals surface area contributed by atoms with Gasteiger partial charge < -0.3 is 5.32 Å². The van der Waals surface area contributed by atoms with Crippen LogP contribution in [-0.4, -0.2) is 27.8 Å². The molecule has 0 spiro atoms. The van der Waals surface area contributed by atoms with Crippen molar-refractivity contribution in [2.45, 2.75) is 25.0 Å². The molecule has 3 aromatic rings. The highest BCUT2D eigenvalue weighted by molar-refractivity contribution is 7.99. The normalized spacial score (nSPS) is 11.0. The zero-order valence-electron chi connectivity index (χ0n) is 14.2. The summed E-state index contributed by atoms with van der Waals surface area (Å²) in [5.74, 6) is -0.212. The molecule has 1 aromatic carbocycles. The van der Waals surface area contributed by atoms with Crippen LogP contribution in [0.1, 0.15) is 12.5 Å². The van der Waals surface area contributed by atoms with Crippen molar-refractivity contribution in [1.82, 2.24) is 14.9 Å². The fraction of sp³-hybridized carbons (Fsp3) is 0.278. The third-order valence-electron chi connectivity index (χ3n) is 3.83. The smallest absolute Gasteiger partial charge is 0.272 e. The van der Waals surface area contributed by atoms with Gasteiger partial charge in [-0.2, -0.15) is 0 Å². The van der Waals surface area contributed by atoms with Crippen LogP contribution in [0.2, 0.25) is 0 Å². The van der Waals surface area contributed by atoms with Gasteiger partial charge in [-0.15, -0.1) is 11.3 Å². The van der Waals surface area contributed by atoms with Crippen LogP contribution in [-0.2, 0) is 17.8 Å². The summed E-state index contributed by atoms with van der Waals surface area (Å²) >= 11 is 2.63. The van der Waals surface area contributed by atoms with Crippen LogP contribution in [0.5, 0.6) is 0 Å². The first-order valence-corrected chi connectivity index (χ1v) is 10.1. The largest absolute Gasteiger partial charge is 0.355 e. The van der Waals surface area contributed by atoms with E-state index >= 15 is 0 Å². The Hall–Kier alpha value is -2.19. The molecule has 2 heterocycles. The number of thiophene rings is 1. The van der Waals surface area contributed by atoms with E-state index in [0.29, 0.717) is 34.9 Å². The summed E-state index contributed by atoms with van der Waals surface area (Å²) in [6.45, 7) is 2.87. The Labute approximate surface area is 158 Å². The molecule has 1 N–H and O–H groups in total. The number of aromatic nitrogens is 2. The van der Waals surface area contributed by atoms with Gasteiger partial charge in [0.25, 0.3) is 5.56 Å². The predicted octanol–water partition coefficient (Wildman–Crippen LogP) is 3.07. The number of carbonyl (C=O) groups excluding carboxylic acids is 1. The molecule has 136 valence electrons. The number of nitrogens with one attached hydrogen (secondary N) is 1. The summed E-state index contributed by atoms with van der Waals surface area (Å²) in [6.07, 6.45) is 0.634. The SMILES string of the molecule is CCn1c(SCC(=O)NCCc2ccc(F)cc2)nc2ccsc2c1=O. The molecular weight excluding hydrogens is 373 g/mol. The van der Waals surface area contributed by atoms with Crippen LogP contribution in [0.3, 0.4) is 0 Å². The molecule has 0 fully saturated rings. The summed E-state index contributed by atoms with van der Waals surface area (Å²) in [5, 5.41) is 5.23. The molecule has 0 aliphatic rings. The summed E-state index contributed by atoms with van der Waals surface area (Å²) in [5.41, 5.74) is 1.57. The van der Waals surface area contributed by atoms with Gasteiger partial charge in [0, 0.05) is 13.1 Å². The maximum absolute atomic E-state index is 12.9. The zero-order chi connectivity index (χ0) is 18.5. The number of rotatable bonds is 7. The lowest BCUT2D eigenvalue weighted by Crippen LogP contribution is -2.28. The number of hydrogen-bond donors (Lipinski definition) is 1. The average Bonchev–Trinajstić information content (AvgIpc) is 3.10. The van der Waals surface area contributed by atoms with Crippen molar-refractivity contribution in [1.29, 1.82) is 0 Å². The van der Waals surface area contributed by atoms with Gasteiger partial charge in [0.15, 0.2) is 5.16 Å². The fourth-order valence-corrected chi connectivity index (χ4v) is 4.16. The maximum Gasteiger partial charge on any atom is 0.272 e. The Kier molecular flexibility index (Phi) is 6.05. The predicted molar refractivity (Wildman–Crippen MR) is 103 cm³/mol. The molecule has 0 saturated heterocycles. The van der Waals surface area contributed by atoms with Gasteiger partial charge in [0.2, 0.25) is 5.91 Å². The van der Waals surface area contributed by atoms with E-state index in [2.05, 4.69) is 10.3 Å². The Morgan fingerprint density at radius 2 is 2.08 bits per heavy atom. The van der Waals surface area contributed by atoms with Gasteiger partial charge in [0.1, 0.15) is 10.5 Å². The minimum atomic E-state index is -0.272. The standard InChI is InChI=1S/C18H18FN3O2S2/c1-2-22-17(24)16-14(8-10-25-16)21-18(22)26-11-15(23)20-9-7-12-3-5-13(19)6-4-12/h3-6,8,10H,2,7,9,11H2,1H3,(H,20,23). The fourth-order valence-electron chi connectivity index (χ4n) is 2.49. The van der Waals surface area contributed by atoms with E-state index in [1.54, 1.807) is 16.7 Å². The van der Waals surface area contributed by atoms with E-state index in [1.165, 1.54) is 35.2 Å². The first kappa shape index (κ1) is 18.6. The van der Waals surface area contributed by atoms with Crippen molar-refractivity contribution in [3.05, 3.63) is 57.4 Å². The van der Waals surface area contributed by atoms with E-state index < -0.39 is 0 Å². The first-order valence-electron chi connectivity index (χ1n) is 8.20. The Balaban J connectivity index is 1.56. The van der Waals surface area contributed by atoms with E-state index in [0.717, 1.165) is 5.56 Å². The van der Waals surface area contributed by atoms with Crippen LogP contribution < -0.4 is 10.9 Å². The molecule has 5 nitrogen and oxygen atoms in total. The Morgan fingerprint density at radius 1 is 1.31 bits per heavy atom. The number of carbonyl (C=O) groups is 1. The number of benzene rings is 1. The van der Waals surface area contributed by atoms with Crippen molar-refractivity contribution in [3.8, 4) is 0 Å². The number of fused-ring (bicyclic) bond motifs is 1. The third-order valence-corrected chi connectivity index (χ3v) is 5.70. The van der Waals surface area contributed by atoms with Gasteiger partial charge in [-0.05, 0) is 42.5 Å². The van der Waals surface area contributed by atoms with Gasteiger partial charge >= 0.3 is 0 Å². The molecule has 26 heavy (non-hydrogen) atoms. The molecule has 0 bridgehead atoms. The second-order valence-corrected chi connectivity index (χ2v) is 7.45. The van der Waals surface area contributed by atoms with Crippen LogP contribution in [0, 0.1) is 5.82 Å². The average molecular weight is 391 g/mol. The molecule has 0 saturated carbocycles. The molecule has 3 rings (SSSR count). The maximum atomic E-state index is 12.9. The summed E-state index contributed by atoms with van der Waals surface area (Å²) in [6, 6.07) is 8.03. The molecule has 0 radical (unpaired) electrons. The molecule has 0 atom stereocenters. The molecule has 2 aromatic heterocycles. The van der Waals surface area contributed by atoms with Crippen molar-refractivity contribution in [2.24, 2.45) is 0 Å². The van der Waals surface area contributed by atoms with Crippen molar-refractivity contribution >= 4 is 39.2 Å². The Morgan fingerprint density at radius 3 is 2.81 bits per heavy atom. The van der Waals surface area contributed by atoms with Gasteiger partial charge in [-0.25, -0.2) is 9.37 Å². The van der Waals surface area contributed by atoms with Crippen LogP contribution in [0.4, 0.5) is 4.39 Å². The summed E-state index contributed by atoms with van der Waals surface area (Å²) in [4.78, 5) is 29.0. The highest BCUT2D eigenvalue weighted by Crippen LogP contribution is 2.20. The first-order chi connectivity index (χ1) is 12.6. The third kappa shape index (κ3) is 4.31.